The zero-order valence-electron chi connectivity index (χ0n) is 14.2. The van der Waals surface area contributed by atoms with Crippen molar-refractivity contribution >= 4 is 10.9 Å². The normalized spacial score (nSPS) is 10.5. The van der Waals surface area contributed by atoms with Crippen molar-refractivity contribution in [3.05, 3.63) is 94.5 Å². The monoisotopic (exact) mass is 354 g/mol. The standard InChI is InChI=1S/C21H14N4O2/c22-13-16-4-1-2-6-20(16)25-11-9-21(26)19(24-25)14-27-17-7-8-18-15(12-17)5-3-10-23-18/h1-12H,14H2. The van der Waals surface area contributed by atoms with Crippen LogP contribution in [0.1, 0.15) is 11.3 Å². The fraction of sp³-hybridized carbons (Fsp3) is 0.0476. The zero-order chi connectivity index (χ0) is 18.6. The fourth-order valence-electron chi connectivity index (χ4n) is 2.74. The van der Waals surface area contributed by atoms with Crippen molar-refractivity contribution < 1.29 is 4.74 Å². The Morgan fingerprint density at radius 2 is 1.96 bits per heavy atom. The lowest BCUT2D eigenvalue weighted by atomic mass is 10.2. The number of hydrogen-bond donors (Lipinski definition) is 0. The highest BCUT2D eigenvalue weighted by molar-refractivity contribution is 5.79. The summed E-state index contributed by atoms with van der Waals surface area (Å²) < 4.78 is 7.28. The molecule has 4 aromatic rings. The van der Waals surface area contributed by atoms with Gasteiger partial charge >= 0.3 is 0 Å². The van der Waals surface area contributed by atoms with Gasteiger partial charge in [-0.3, -0.25) is 9.78 Å². The van der Waals surface area contributed by atoms with Crippen molar-refractivity contribution in [2.24, 2.45) is 0 Å². The number of benzene rings is 2. The second kappa shape index (κ2) is 7.10. The minimum absolute atomic E-state index is 0.0279. The lowest BCUT2D eigenvalue weighted by Crippen LogP contribution is -2.18. The molecule has 0 saturated carbocycles. The number of nitriles is 1. The highest BCUT2D eigenvalue weighted by atomic mass is 16.5. The Balaban J connectivity index is 1.62. The van der Waals surface area contributed by atoms with Gasteiger partial charge in [0.05, 0.1) is 16.8 Å². The first-order valence-corrected chi connectivity index (χ1v) is 8.30. The van der Waals surface area contributed by atoms with Gasteiger partial charge < -0.3 is 4.74 Å². The molecule has 0 unspecified atom stereocenters. The van der Waals surface area contributed by atoms with Gasteiger partial charge in [-0.25, -0.2) is 4.68 Å². The molecule has 0 spiro atoms. The van der Waals surface area contributed by atoms with E-state index in [0.29, 0.717) is 17.0 Å². The first-order chi connectivity index (χ1) is 13.2. The van der Waals surface area contributed by atoms with E-state index < -0.39 is 0 Å². The molecule has 2 aromatic heterocycles. The van der Waals surface area contributed by atoms with Gasteiger partial charge in [0.25, 0.3) is 0 Å². The molecule has 0 saturated heterocycles. The Morgan fingerprint density at radius 1 is 1.07 bits per heavy atom. The molecular formula is C21H14N4O2. The van der Waals surface area contributed by atoms with Gasteiger partial charge in [0.15, 0.2) is 0 Å². The molecule has 0 fully saturated rings. The maximum absolute atomic E-state index is 12.2. The highest BCUT2D eigenvalue weighted by Gasteiger charge is 2.08. The smallest absolute Gasteiger partial charge is 0.206 e. The first-order valence-electron chi connectivity index (χ1n) is 8.30. The molecule has 2 heterocycles. The lowest BCUT2D eigenvalue weighted by molar-refractivity contribution is 0.298. The molecule has 2 aromatic carbocycles. The number of ether oxygens (including phenoxy) is 1. The average Bonchev–Trinajstić information content (AvgIpc) is 2.73. The maximum Gasteiger partial charge on any atom is 0.206 e. The molecule has 0 bridgehead atoms. The Hall–Kier alpha value is -3.98. The van der Waals surface area contributed by atoms with E-state index in [4.69, 9.17) is 4.74 Å². The van der Waals surface area contributed by atoms with Gasteiger partial charge in [-0.2, -0.15) is 10.4 Å². The molecule has 130 valence electrons. The van der Waals surface area contributed by atoms with Crippen LogP contribution in [-0.2, 0) is 6.61 Å². The third-order valence-corrected chi connectivity index (χ3v) is 4.10. The molecule has 4 rings (SSSR count). The fourth-order valence-corrected chi connectivity index (χ4v) is 2.74. The van der Waals surface area contributed by atoms with Crippen LogP contribution in [0.5, 0.6) is 5.75 Å². The molecule has 6 heteroatoms. The summed E-state index contributed by atoms with van der Waals surface area (Å²) in [7, 11) is 0. The van der Waals surface area contributed by atoms with Crippen molar-refractivity contribution in [3.8, 4) is 17.5 Å². The van der Waals surface area contributed by atoms with Crippen LogP contribution in [0.4, 0.5) is 0 Å². The van der Waals surface area contributed by atoms with Gasteiger partial charge in [0, 0.05) is 23.8 Å². The van der Waals surface area contributed by atoms with Gasteiger partial charge in [0.2, 0.25) is 5.43 Å². The third-order valence-electron chi connectivity index (χ3n) is 4.10. The van der Waals surface area contributed by atoms with E-state index in [-0.39, 0.29) is 17.7 Å². The van der Waals surface area contributed by atoms with Crippen LogP contribution in [-0.4, -0.2) is 14.8 Å². The topological polar surface area (TPSA) is 80.8 Å². The molecule has 0 aliphatic rings. The van der Waals surface area contributed by atoms with Crippen LogP contribution >= 0.6 is 0 Å². The Labute approximate surface area is 154 Å². The van der Waals surface area contributed by atoms with E-state index in [1.807, 2.05) is 36.4 Å². The van der Waals surface area contributed by atoms with Crippen molar-refractivity contribution in [2.75, 3.05) is 0 Å². The number of nitrogens with zero attached hydrogens (tertiary/aromatic N) is 4. The van der Waals surface area contributed by atoms with Crippen molar-refractivity contribution in [3.63, 3.8) is 0 Å². The lowest BCUT2D eigenvalue weighted by Gasteiger charge is -2.10. The van der Waals surface area contributed by atoms with Crippen LogP contribution in [0.25, 0.3) is 16.6 Å². The Bertz CT molecular complexity index is 1220. The summed E-state index contributed by atoms with van der Waals surface area (Å²) in [6.45, 7) is 0.0279. The van der Waals surface area contributed by atoms with Crippen LogP contribution in [0.3, 0.4) is 0 Å². The van der Waals surface area contributed by atoms with Crippen molar-refractivity contribution in [1.29, 1.82) is 5.26 Å². The third kappa shape index (κ3) is 3.39. The predicted octanol–water partition coefficient (Wildman–Crippen LogP) is 3.23. The SMILES string of the molecule is N#Cc1ccccc1-n1ccc(=O)c(COc2ccc3ncccc3c2)n1. The van der Waals surface area contributed by atoms with Crippen LogP contribution in [0.15, 0.2) is 77.9 Å². The van der Waals surface area contributed by atoms with Crippen LogP contribution in [0, 0.1) is 11.3 Å². The Morgan fingerprint density at radius 3 is 2.85 bits per heavy atom. The summed E-state index contributed by atoms with van der Waals surface area (Å²) in [6.07, 6.45) is 3.28. The molecule has 0 amide bonds. The van der Waals surface area contributed by atoms with E-state index >= 15 is 0 Å². The molecule has 0 aliphatic carbocycles. The summed E-state index contributed by atoms with van der Waals surface area (Å²) in [5.41, 5.74) is 2.00. The summed E-state index contributed by atoms with van der Waals surface area (Å²) in [5.74, 6) is 0.629. The van der Waals surface area contributed by atoms with E-state index in [9.17, 15) is 10.1 Å². The number of fused-ring (bicyclic) bond motifs is 1. The minimum atomic E-state index is -0.219. The maximum atomic E-state index is 12.2. The second-order valence-electron chi connectivity index (χ2n) is 5.85. The molecule has 0 N–H and O–H groups in total. The van der Waals surface area contributed by atoms with Gasteiger partial charge in [-0.1, -0.05) is 18.2 Å². The Kier molecular flexibility index (Phi) is 4.33. The van der Waals surface area contributed by atoms with Gasteiger partial charge in [-0.15, -0.1) is 0 Å². The van der Waals surface area contributed by atoms with E-state index in [1.165, 1.54) is 10.7 Å². The van der Waals surface area contributed by atoms with Crippen LogP contribution in [0.2, 0.25) is 0 Å². The molecule has 6 nitrogen and oxygen atoms in total. The van der Waals surface area contributed by atoms with Crippen molar-refractivity contribution in [2.45, 2.75) is 6.61 Å². The molecule has 0 atom stereocenters. The second-order valence-corrected chi connectivity index (χ2v) is 5.85. The van der Waals surface area contributed by atoms with E-state index in [0.717, 1.165) is 10.9 Å². The minimum Gasteiger partial charge on any atom is -0.487 e. The van der Waals surface area contributed by atoms with E-state index in [1.54, 1.807) is 30.6 Å². The molecular weight excluding hydrogens is 340 g/mol. The summed E-state index contributed by atoms with van der Waals surface area (Å²) in [4.78, 5) is 16.4. The average molecular weight is 354 g/mol. The number of pyridine rings is 1. The number of hydrogen-bond acceptors (Lipinski definition) is 5. The van der Waals surface area contributed by atoms with Gasteiger partial charge in [0.1, 0.15) is 24.1 Å². The zero-order valence-corrected chi connectivity index (χ0v) is 14.2. The number of rotatable bonds is 4. The summed E-state index contributed by atoms with van der Waals surface area (Å²) in [5, 5.41) is 14.6. The predicted molar refractivity (Wildman–Crippen MR) is 101 cm³/mol. The molecule has 0 aliphatic heterocycles. The van der Waals surface area contributed by atoms with Crippen molar-refractivity contribution in [1.82, 2.24) is 14.8 Å². The highest BCUT2D eigenvalue weighted by Crippen LogP contribution is 2.19. The largest absolute Gasteiger partial charge is 0.487 e. The summed E-state index contributed by atoms with van der Waals surface area (Å²) >= 11 is 0. The number of aromatic nitrogens is 3. The van der Waals surface area contributed by atoms with Gasteiger partial charge in [-0.05, 0) is 36.4 Å². The molecule has 27 heavy (non-hydrogen) atoms. The van der Waals surface area contributed by atoms with Crippen LogP contribution < -0.4 is 10.2 Å². The van der Waals surface area contributed by atoms with E-state index in [2.05, 4.69) is 16.2 Å². The summed E-state index contributed by atoms with van der Waals surface area (Å²) in [6, 6.07) is 20.0. The quantitative estimate of drug-likeness (QED) is 0.562. The number of para-hydroxylation sites is 1. The first kappa shape index (κ1) is 16.5. The molecule has 0 radical (unpaired) electrons.